The van der Waals surface area contributed by atoms with Crippen LogP contribution in [0, 0.1) is 18.6 Å². The van der Waals surface area contributed by atoms with Gasteiger partial charge in [-0.2, -0.15) is 0 Å². The van der Waals surface area contributed by atoms with Gasteiger partial charge in [-0.25, -0.2) is 13.6 Å². The van der Waals surface area contributed by atoms with Gasteiger partial charge < -0.3 is 19.0 Å². The number of carboxylic acids is 1. The second-order valence-electron chi connectivity index (χ2n) is 9.75. The van der Waals surface area contributed by atoms with Gasteiger partial charge in [0, 0.05) is 48.8 Å². The zero-order chi connectivity index (χ0) is 27.3. The second-order valence-corrected chi connectivity index (χ2v) is 9.75. The Labute approximate surface area is 222 Å². The zero-order valence-corrected chi connectivity index (χ0v) is 21.2. The summed E-state index contributed by atoms with van der Waals surface area (Å²) in [4.78, 5) is 28.8. The Hall–Kier alpha value is -4.50. The molecule has 0 spiro atoms. The van der Waals surface area contributed by atoms with Crippen LogP contribution in [-0.2, 0) is 6.54 Å². The number of piperazine rings is 1. The second kappa shape index (κ2) is 9.67. The first kappa shape index (κ1) is 24.8. The molecule has 0 aliphatic carbocycles. The van der Waals surface area contributed by atoms with Crippen molar-refractivity contribution in [2.75, 3.05) is 31.1 Å². The molecule has 7 nitrogen and oxygen atoms in total. The number of hydrogen-bond acceptors (Lipinski definition) is 5. The molecule has 2 aromatic heterocycles. The number of nitrogens with zero attached hydrogens (tertiary/aromatic N) is 3. The first-order chi connectivity index (χ1) is 18.8. The molecule has 3 aromatic carbocycles. The van der Waals surface area contributed by atoms with E-state index in [1.165, 1.54) is 35.0 Å². The van der Waals surface area contributed by atoms with Crippen LogP contribution in [-0.4, -0.2) is 46.7 Å². The maximum absolute atomic E-state index is 15.4. The fraction of sp³-hybridized carbons (Fsp3) is 0.200. The molecule has 1 aliphatic rings. The van der Waals surface area contributed by atoms with Crippen molar-refractivity contribution in [2.45, 2.75) is 13.5 Å². The van der Waals surface area contributed by atoms with E-state index in [1.807, 2.05) is 29.2 Å². The van der Waals surface area contributed by atoms with Crippen molar-refractivity contribution in [3.05, 3.63) is 106 Å². The molecule has 0 amide bonds. The van der Waals surface area contributed by atoms with Gasteiger partial charge in [0.1, 0.15) is 28.5 Å². The number of carboxylic acid groups (broad SMARTS) is 1. The van der Waals surface area contributed by atoms with Gasteiger partial charge in [0.2, 0.25) is 5.43 Å². The van der Waals surface area contributed by atoms with Crippen LogP contribution in [0.15, 0.2) is 76.1 Å². The highest BCUT2D eigenvalue weighted by molar-refractivity contribution is 5.94. The molecule has 5 aromatic rings. The fourth-order valence-electron chi connectivity index (χ4n) is 5.27. The van der Waals surface area contributed by atoms with Crippen molar-refractivity contribution < 1.29 is 23.1 Å². The van der Waals surface area contributed by atoms with Crippen LogP contribution in [0.3, 0.4) is 0 Å². The van der Waals surface area contributed by atoms with Crippen LogP contribution < -0.4 is 10.3 Å². The lowest BCUT2D eigenvalue weighted by Crippen LogP contribution is -2.46. The smallest absolute Gasteiger partial charge is 0.341 e. The average molecular weight is 530 g/mol. The van der Waals surface area contributed by atoms with Crippen LogP contribution in [0.25, 0.3) is 27.6 Å². The predicted molar refractivity (Wildman–Crippen MR) is 145 cm³/mol. The van der Waals surface area contributed by atoms with Gasteiger partial charge in [-0.3, -0.25) is 9.69 Å². The van der Waals surface area contributed by atoms with E-state index in [4.69, 9.17) is 4.42 Å². The van der Waals surface area contributed by atoms with Crippen molar-refractivity contribution in [2.24, 2.45) is 0 Å². The van der Waals surface area contributed by atoms with E-state index in [9.17, 15) is 19.1 Å². The summed E-state index contributed by atoms with van der Waals surface area (Å²) in [5.74, 6) is -1.56. The third-order valence-electron chi connectivity index (χ3n) is 7.43. The van der Waals surface area contributed by atoms with Crippen molar-refractivity contribution in [1.29, 1.82) is 0 Å². The van der Waals surface area contributed by atoms with Crippen LogP contribution in [0.2, 0.25) is 0 Å². The van der Waals surface area contributed by atoms with E-state index >= 15 is 4.39 Å². The predicted octanol–water partition coefficient (Wildman–Crippen LogP) is 5.34. The number of benzene rings is 3. The Balaban J connectivity index is 1.31. The van der Waals surface area contributed by atoms with Gasteiger partial charge in [0.15, 0.2) is 0 Å². The molecule has 1 fully saturated rings. The fourth-order valence-corrected chi connectivity index (χ4v) is 5.27. The molecule has 39 heavy (non-hydrogen) atoms. The third kappa shape index (κ3) is 4.44. The van der Waals surface area contributed by atoms with Crippen molar-refractivity contribution >= 4 is 33.5 Å². The summed E-state index contributed by atoms with van der Waals surface area (Å²) in [6.45, 7) is 5.16. The number of para-hydroxylation sites is 1. The molecule has 9 heteroatoms. The molecule has 0 radical (unpaired) electrons. The summed E-state index contributed by atoms with van der Waals surface area (Å²) >= 11 is 0. The minimum absolute atomic E-state index is 0.0560. The van der Waals surface area contributed by atoms with Crippen LogP contribution in [0.5, 0.6) is 0 Å². The highest BCUT2D eigenvalue weighted by Gasteiger charge is 2.24. The van der Waals surface area contributed by atoms with Crippen LogP contribution in [0.1, 0.15) is 21.7 Å². The molecule has 1 saturated heterocycles. The van der Waals surface area contributed by atoms with E-state index in [0.29, 0.717) is 49.6 Å². The molecule has 1 aliphatic heterocycles. The Kier molecular flexibility index (Phi) is 6.15. The number of aromatic carboxylic acids is 1. The van der Waals surface area contributed by atoms with E-state index in [-0.39, 0.29) is 5.39 Å². The molecular weight excluding hydrogens is 504 g/mol. The number of carbonyl (C=O) groups is 1. The maximum atomic E-state index is 15.4. The number of aryl methyl sites for hydroxylation is 1. The van der Waals surface area contributed by atoms with Gasteiger partial charge in [0.25, 0.3) is 0 Å². The minimum atomic E-state index is -1.42. The lowest BCUT2D eigenvalue weighted by Gasteiger charge is -2.36. The zero-order valence-electron chi connectivity index (χ0n) is 21.2. The topological polar surface area (TPSA) is 78.9 Å². The SMILES string of the molecule is Cc1c(CN2CCN(c3cc4c(cc3F)c(=O)c(C(=O)O)cn4-c3ccc(F)cc3)CC2)oc2ccccc12. The molecule has 3 heterocycles. The van der Waals surface area contributed by atoms with E-state index in [0.717, 1.165) is 28.4 Å². The standard InChI is InChI=1S/C30H25F2N3O4/c1-18-21-4-2-3-5-27(21)39-28(18)17-33-10-12-34(13-11-33)26-15-25-22(14-24(26)32)29(36)23(30(37)38)16-35(25)20-8-6-19(31)7-9-20/h2-9,14-16H,10-13,17H2,1H3,(H,37,38). The molecule has 0 unspecified atom stereocenters. The number of anilines is 1. The third-order valence-corrected chi connectivity index (χ3v) is 7.43. The number of pyridine rings is 1. The summed E-state index contributed by atoms with van der Waals surface area (Å²) in [5, 5.41) is 10.6. The molecule has 0 saturated carbocycles. The number of fused-ring (bicyclic) bond motifs is 2. The van der Waals surface area contributed by atoms with Gasteiger partial charge in [0.05, 0.1) is 17.7 Å². The summed E-state index contributed by atoms with van der Waals surface area (Å²) < 4.78 is 36.5. The minimum Gasteiger partial charge on any atom is -0.477 e. The number of hydrogen-bond donors (Lipinski definition) is 1. The monoisotopic (exact) mass is 529 g/mol. The Morgan fingerprint density at radius 1 is 0.974 bits per heavy atom. The molecule has 6 rings (SSSR count). The summed E-state index contributed by atoms with van der Waals surface area (Å²) in [5.41, 5.74) is 1.83. The number of aromatic nitrogens is 1. The van der Waals surface area contributed by atoms with Crippen molar-refractivity contribution in [3.8, 4) is 5.69 Å². The summed E-state index contributed by atoms with van der Waals surface area (Å²) in [6, 6.07) is 16.1. The number of rotatable bonds is 5. The number of halogens is 2. The normalized spacial score (nSPS) is 14.4. The van der Waals surface area contributed by atoms with Crippen molar-refractivity contribution in [3.63, 3.8) is 0 Å². The Morgan fingerprint density at radius 3 is 2.38 bits per heavy atom. The van der Waals surface area contributed by atoms with Gasteiger partial charge >= 0.3 is 5.97 Å². The van der Waals surface area contributed by atoms with Gasteiger partial charge in [-0.05, 0) is 55.0 Å². The molecule has 0 bridgehead atoms. The van der Waals surface area contributed by atoms with Gasteiger partial charge in [-0.1, -0.05) is 18.2 Å². The Morgan fingerprint density at radius 2 is 1.69 bits per heavy atom. The average Bonchev–Trinajstić information content (AvgIpc) is 3.25. The van der Waals surface area contributed by atoms with E-state index in [1.54, 1.807) is 6.07 Å². The van der Waals surface area contributed by atoms with E-state index < -0.39 is 28.6 Å². The lowest BCUT2D eigenvalue weighted by molar-refractivity contribution is 0.0695. The molecule has 1 N–H and O–H groups in total. The number of furan rings is 1. The first-order valence-corrected chi connectivity index (χ1v) is 12.6. The lowest BCUT2D eigenvalue weighted by atomic mass is 10.1. The first-order valence-electron chi connectivity index (χ1n) is 12.6. The molecular formula is C30H25F2N3O4. The largest absolute Gasteiger partial charge is 0.477 e. The highest BCUT2D eigenvalue weighted by atomic mass is 19.1. The summed E-state index contributed by atoms with van der Waals surface area (Å²) in [7, 11) is 0. The van der Waals surface area contributed by atoms with E-state index in [2.05, 4.69) is 11.8 Å². The highest BCUT2D eigenvalue weighted by Crippen LogP contribution is 2.30. The van der Waals surface area contributed by atoms with Crippen LogP contribution >= 0.6 is 0 Å². The van der Waals surface area contributed by atoms with Crippen LogP contribution in [0.4, 0.5) is 14.5 Å². The maximum Gasteiger partial charge on any atom is 0.341 e. The summed E-state index contributed by atoms with van der Waals surface area (Å²) in [6.07, 6.45) is 1.20. The van der Waals surface area contributed by atoms with Crippen molar-refractivity contribution in [1.82, 2.24) is 9.47 Å². The Bertz CT molecular complexity index is 1780. The quantitative estimate of drug-likeness (QED) is 0.331. The molecule has 0 atom stereocenters. The van der Waals surface area contributed by atoms with Gasteiger partial charge in [-0.15, -0.1) is 0 Å². The molecule has 198 valence electrons.